The lowest BCUT2D eigenvalue weighted by Gasteiger charge is -2.35. The highest BCUT2D eigenvalue weighted by atomic mass is 16.2. The highest BCUT2D eigenvalue weighted by Crippen LogP contribution is 2.23. The van der Waals surface area contributed by atoms with Crippen molar-refractivity contribution < 1.29 is 9.59 Å². The van der Waals surface area contributed by atoms with Crippen molar-refractivity contribution in [2.24, 2.45) is 5.10 Å². The smallest absolute Gasteiger partial charge is 0.260 e. The highest BCUT2D eigenvalue weighted by molar-refractivity contribution is 6.51. The summed E-state index contributed by atoms with van der Waals surface area (Å²) in [6.45, 7) is 1.71. The lowest BCUT2D eigenvalue weighted by Crippen LogP contribution is -2.52. The maximum Gasteiger partial charge on any atom is 0.260 e. The molecule has 2 aromatic carbocycles. The highest BCUT2D eigenvalue weighted by Gasteiger charge is 2.38. The van der Waals surface area contributed by atoms with Crippen molar-refractivity contribution in [3.8, 4) is 0 Å². The monoisotopic (exact) mass is 305 g/mol. The van der Waals surface area contributed by atoms with E-state index in [4.69, 9.17) is 0 Å². The predicted octanol–water partition coefficient (Wildman–Crippen LogP) is 2.15. The van der Waals surface area contributed by atoms with Gasteiger partial charge in [-0.1, -0.05) is 48.5 Å². The average Bonchev–Trinajstić information content (AvgIpc) is 2.60. The zero-order valence-corrected chi connectivity index (χ0v) is 12.5. The van der Waals surface area contributed by atoms with E-state index in [0.717, 1.165) is 5.56 Å². The number of rotatable bonds is 2. The lowest BCUT2D eigenvalue weighted by atomic mass is 9.97. The maximum absolute atomic E-state index is 12.6. The number of ketones is 1. The summed E-state index contributed by atoms with van der Waals surface area (Å²) in [6, 6.07) is 16.9. The van der Waals surface area contributed by atoms with E-state index in [1.54, 1.807) is 24.3 Å². The third kappa shape index (κ3) is 2.30. The molecular formula is C18H15N3O2. The van der Waals surface area contributed by atoms with Crippen LogP contribution < -0.4 is 0 Å². The molecule has 2 aromatic rings. The van der Waals surface area contributed by atoms with Gasteiger partial charge in [-0.15, -0.1) is 0 Å². The van der Waals surface area contributed by atoms with Crippen LogP contribution in [-0.4, -0.2) is 40.5 Å². The van der Waals surface area contributed by atoms with E-state index in [9.17, 15) is 9.59 Å². The van der Waals surface area contributed by atoms with Gasteiger partial charge in [-0.05, 0) is 11.6 Å². The summed E-state index contributed by atoms with van der Waals surface area (Å²) in [7, 11) is 0. The van der Waals surface area contributed by atoms with Gasteiger partial charge in [0.05, 0.1) is 18.7 Å². The molecular weight excluding hydrogens is 290 g/mol. The van der Waals surface area contributed by atoms with Gasteiger partial charge in [0.2, 0.25) is 11.6 Å². The number of hydrazone groups is 1. The Morgan fingerprint density at radius 1 is 0.870 bits per heavy atom. The van der Waals surface area contributed by atoms with Gasteiger partial charge in [0.25, 0.3) is 5.91 Å². The van der Waals surface area contributed by atoms with E-state index in [0.29, 0.717) is 30.8 Å². The average molecular weight is 305 g/mol. The van der Waals surface area contributed by atoms with Crippen molar-refractivity contribution >= 4 is 17.5 Å². The van der Waals surface area contributed by atoms with Crippen LogP contribution in [0.25, 0.3) is 0 Å². The number of hydrogen-bond acceptors (Lipinski definition) is 4. The molecule has 0 aromatic heterocycles. The fourth-order valence-corrected chi connectivity index (χ4v) is 2.97. The first-order valence-corrected chi connectivity index (χ1v) is 7.57. The Morgan fingerprint density at radius 3 is 2.35 bits per heavy atom. The first-order valence-electron chi connectivity index (χ1n) is 7.57. The summed E-state index contributed by atoms with van der Waals surface area (Å²) in [4.78, 5) is 26.7. The third-order valence-corrected chi connectivity index (χ3v) is 4.13. The predicted molar refractivity (Wildman–Crippen MR) is 86.1 cm³/mol. The van der Waals surface area contributed by atoms with Gasteiger partial charge in [-0.2, -0.15) is 5.10 Å². The molecule has 1 amide bonds. The molecule has 114 valence electrons. The first kappa shape index (κ1) is 13.7. The zero-order chi connectivity index (χ0) is 15.8. The number of amidine groups is 1. The minimum Gasteiger partial charge on any atom is -0.289 e. The quantitative estimate of drug-likeness (QED) is 0.854. The van der Waals surface area contributed by atoms with E-state index >= 15 is 0 Å². The SMILES string of the molecule is O=C1C2=NN(Cc3ccccc3)CCN2C(=O)c2ccccc21. The van der Waals surface area contributed by atoms with Crippen LogP contribution in [0.3, 0.4) is 0 Å². The lowest BCUT2D eigenvalue weighted by molar-refractivity contribution is 0.0767. The molecule has 0 N–H and O–H groups in total. The summed E-state index contributed by atoms with van der Waals surface area (Å²) in [5.74, 6) is -0.0906. The van der Waals surface area contributed by atoms with Crippen LogP contribution in [0.2, 0.25) is 0 Å². The number of nitrogens with zero attached hydrogens (tertiary/aromatic N) is 3. The van der Waals surface area contributed by atoms with Crippen molar-refractivity contribution in [2.45, 2.75) is 6.54 Å². The molecule has 5 heteroatoms. The summed E-state index contributed by atoms with van der Waals surface area (Å²) in [5.41, 5.74) is 2.03. The number of Topliss-reactive ketones (excluding diaryl/α,β-unsaturated/α-hetero) is 1. The fourth-order valence-electron chi connectivity index (χ4n) is 2.97. The number of fused-ring (bicyclic) bond motifs is 2. The van der Waals surface area contributed by atoms with Gasteiger partial charge >= 0.3 is 0 Å². The minimum absolute atomic E-state index is 0.140. The molecule has 23 heavy (non-hydrogen) atoms. The van der Waals surface area contributed by atoms with E-state index in [2.05, 4.69) is 5.10 Å². The van der Waals surface area contributed by atoms with E-state index in [1.807, 2.05) is 35.3 Å². The standard InChI is InChI=1S/C18H15N3O2/c22-16-14-8-4-5-9-15(14)18(23)21-11-10-20(19-17(16)21)12-13-6-2-1-3-7-13/h1-9H,10-12H2. The summed E-state index contributed by atoms with van der Waals surface area (Å²) in [5, 5.41) is 6.28. The van der Waals surface area contributed by atoms with Crippen LogP contribution >= 0.6 is 0 Å². The number of amides is 1. The second kappa shape index (κ2) is 5.35. The molecule has 0 saturated heterocycles. The number of benzene rings is 2. The van der Waals surface area contributed by atoms with Crippen LogP contribution in [-0.2, 0) is 6.54 Å². The number of carbonyl (C=O) groups excluding carboxylic acids is 2. The van der Waals surface area contributed by atoms with Gasteiger partial charge in [0, 0.05) is 12.1 Å². The Morgan fingerprint density at radius 2 is 1.57 bits per heavy atom. The molecule has 0 unspecified atom stereocenters. The first-order chi connectivity index (χ1) is 11.2. The Kier molecular flexibility index (Phi) is 3.19. The topological polar surface area (TPSA) is 53.0 Å². The van der Waals surface area contributed by atoms with Gasteiger partial charge < -0.3 is 0 Å². The van der Waals surface area contributed by atoms with Crippen molar-refractivity contribution in [3.63, 3.8) is 0 Å². The normalized spacial score (nSPS) is 16.8. The summed E-state index contributed by atoms with van der Waals surface area (Å²) in [6.07, 6.45) is 0. The van der Waals surface area contributed by atoms with Crippen LogP contribution in [0.1, 0.15) is 26.3 Å². The Bertz CT molecular complexity index is 814. The molecule has 5 nitrogen and oxygen atoms in total. The number of carbonyl (C=O) groups is 2. The van der Waals surface area contributed by atoms with Gasteiger partial charge in [0.15, 0.2) is 0 Å². The van der Waals surface area contributed by atoms with Crippen LogP contribution in [0.15, 0.2) is 59.7 Å². The molecule has 0 saturated carbocycles. The molecule has 4 rings (SSSR count). The van der Waals surface area contributed by atoms with Crippen LogP contribution in [0.4, 0.5) is 0 Å². The fraction of sp³-hybridized carbons (Fsp3) is 0.167. The minimum atomic E-state index is -0.182. The Balaban J connectivity index is 1.68. The van der Waals surface area contributed by atoms with Crippen LogP contribution in [0.5, 0.6) is 0 Å². The van der Waals surface area contributed by atoms with E-state index < -0.39 is 0 Å². The van der Waals surface area contributed by atoms with Crippen LogP contribution in [0, 0.1) is 0 Å². The van der Waals surface area contributed by atoms with E-state index in [1.165, 1.54) is 4.90 Å². The van der Waals surface area contributed by atoms with Gasteiger partial charge in [-0.3, -0.25) is 19.5 Å². The Hall–Kier alpha value is -2.95. The molecule has 0 aliphatic carbocycles. The maximum atomic E-state index is 12.6. The molecule has 2 aliphatic rings. The molecule has 2 aliphatic heterocycles. The number of hydrogen-bond donors (Lipinski definition) is 0. The Labute approximate surface area is 133 Å². The molecule has 0 atom stereocenters. The molecule has 0 fully saturated rings. The molecule has 2 heterocycles. The van der Waals surface area contributed by atoms with Crippen molar-refractivity contribution in [3.05, 3.63) is 71.3 Å². The molecule has 0 bridgehead atoms. The van der Waals surface area contributed by atoms with E-state index in [-0.39, 0.29) is 17.5 Å². The van der Waals surface area contributed by atoms with Crippen molar-refractivity contribution in [2.75, 3.05) is 13.1 Å². The van der Waals surface area contributed by atoms with Gasteiger partial charge in [0.1, 0.15) is 0 Å². The summed E-state index contributed by atoms with van der Waals surface area (Å²) >= 11 is 0. The summed E-state index contributed by atoms with van der Waals surface area (Å²) < 4.78 is 0. The second-order valence-corrected chi connectivity index (χ2v) is 5.63. The zero-order valence-electron chi connectivity index (χ0n) is 12.5. The third-order valence-electron chi connectivity index (χ3n) is 4.13. The van der Waals surface area contributed by atoms with Crippen molar-refractivity contribution in [1.82, 2.24) is 9.91 Å². The van der Waals surface area contributed by atoms with Gasteiger partial charge in [-0.25, -0.2) is 0 Å². The molecule has 0 spiro atoms. The second-order valence-electron chi connectivity index (χ2n) is 5.63. The largest absolute Gasteiger partial charge is 0.289 e. The van der Waals surface area contributed by atoms with Crippen molar-refractivity contribution in [1.29, 1.82) is 0 Å². The molecule has 0 radical (unpaired) electrons.